The Hall–Kier alpha value is -0.120. The van der Waals surface area contributed by atoms with Crippen LogP contribution in [0.4, 0.5) is 0 Å². The van der Waals surface area contributed by atoms with E-state index < -0.39 is 0 Å². The molecule has 1 radical (unpaired) electrons. The van der Waals surface area contributed by atoms with Gasteiger partial charge in [-0.15, -0.1) is 0 Å². The van der Waals surface area contributed by atoms with E-state index >= 15 is 0 Å². The molecule has 3 nitrogen and oxygen atoms in total. The molecule has 0 fully saturated rings. The highest BCUT2D eigenvalue weighted by molar-refractivity contribution is 4.44. The summed E-state index contributed by atoms with van der Waals surface area (Å²) in [5, 5.41) is 10.1. The molecular formula is C14H29O3. The second-order valence-corrected chi connectivity index (χ2v) is 4.40. The highest BCUT2D eigenvalue weighted by Gasteiger charge is 1.93. The Morgan fingerprint density at radius 1 is 0.647 bits per heavy atom. The van der Waals surface area contributed by atoms with Crippen molar-refractivity contribution in [1.29, 1.82) is 0 Å². The molecule has 0 aromatic carbocycles. The Morgan fingerprint density at radius 3 is 1.59 bits per heavy atom. The first-order valence-corrected chi connectivity index (χ1v) is 7.15. The van der Waals surface area contributed by atoms with Crippen molar-refractivity contribution in [2.45, 2.75) is 58.3 Å². The molecule has 0 unspecified atom stereocenters. The number of ether oxygens (including phenoxy) is 2. The molecular weight excluding hydrogens is 216 g/mol. The minimum atomic E-state index is -0.119. The first-order chi connectivity index (χ1) is 8.41. The fourth-order valence-electron chi connectivity index (χ4n) is 1.66. The topological polar surface area (TPSA) is 38.4 Å². The quantitative estimate of drug-likeness (QED) is 0.439. The maximum atomic E-state index is 10.1. The maximum Gasteiger partial charge on any atom is 0.106 e. The first-order valence-electron chi connectivity index (χ1n) is 7.15. The van der Waals surface area contributed by atoms with E-state index in [2.05, 4.69) is 6.92 Å². The van der Waals surface area contributed by atoms with E-state index in [1.54, 1.807) is 0 Å². The fourth-order valence-corrected chi connectivity index (χ4v) is 1.66. The summed E-state index contributed by atoms with van der Waals surface area (Å²) in [5.74, 6) is 0. The summed E-state index contributed by atoms with van der Waals surface area (Å²) < 4.78 is 10.7. The minimum absolute atomic E-state index is 0.119. The van der Waals surface area contributed by atoms with Gasteiger partial charge in [0.05, 0.1) is 6.61 Å². The molecule has 0 heterocycles. The SMILES string of the molecule is CCCCCCOCCCCCCOCC[O]. The molecule has 0 aromatic heterocycles. The van der Waals surface area contributed by atoms with Crippen LogP contribution in [-0.2, 0) is 14.6 Å². The number of hydrogen-bond donors (Lipinski definition) is 0. The molecule has 0 saturated carbocycles. The largest absolute Gasteiger partial charge is 0.381 e. The number of rotatable bonds is 14. The van der Waals surface area contributed by atoms with E-state index in [9.17, 15) is 5.11 Å². The molecule has 0 spiro atoms. The molecule has 0 aromatic rings. The van der Waals surface area contributed by atoms with Gasteiger partial charge < -0.3 is 9.47 Å². The van der Waals surface area contributed by atoms with Crippen molar-refractivity contribution in [1.82, 2.24) is 0 Å². The molecule has 0 atom stereocenters. The van der Waals surface area contributed by atoms with Gasteiger partial charge in [0, 0.05) is 19.8 Å². The van der Waals surface area contributed by atoms with Gasteiger partial charge in [0.25, 0.3) is 0 Å². The van der Waals surface area contributed by atoms with Gasteiger partial charge >= 0.3 is 0 Å². The molecule has 0 N–H and O–H groups in total. The smallest absolute Gasteiger partial charge is 0.106 e. The van der Waals surface area contributed by atoms with E-state index in [1.165, 1.54) is 38.5 Å². The highest BCUT2D eigenvalue weighted by Crippen LogP contribution is 2.02. The van der Waals surface area contributed by atoms with E-state index in [1.807, 2.05) is 0 Å². The minimum Gasteiger partial charge on any atom is -0.381 e. The maximum absolute atomic E-state index is 10.1. The average Bonchev–Trinajstić information content (AvgIpc) is 2.35. The second-order valence-electron chi connectivity index (χ2n) is 4.40. The molecule has 0 saturated heterocycles. The molecule has 0 bridgehead atoms. The first kappa shape index (κ1) is 16.9. The molecule has 0 aliphatic carbocycles. The molecule has 0 rings (SSSR count). The van der Waals surface area contributed by atoms with Crippen molar-refractivity contribution in [2.75, 3.05) is 33.0 Å². The van der Waals surface area contributed by atoms with Gasteiger partial charge in [-0.25, -0.2) is 5.11 Å². The predicted molar refractivity (Wildman–Crippen MR) is 69.8 cm³/mol. The van der Waals surface area contributed by atoms with Gasteiger partial charge in [-0.05, 0) is 19.3 Å². The van der Waals surface area contributed by atoms with Crippen LogP contribution in [0.25, 0.3) is 0 Å². The highest BCUT2D eigenvalue weighted by atomic mass is 16.5. The zero-order chi connectivity index (χ0) is 12.6. The Bertz CT molecular complexity index is 115. The monoisotopic (exact) mass is 245 g/mol. The van der Waals surface area contributed by atoms with Crippen LogP contribution < -0.4 is 0 Å². The van der Waals surface area contributed by atoms with Gasteiger partial charge in [0.1, 0.15) is 6.61 Å². The zero-order valence-corrected chi connectivity index (χ0v) is 11.4. The third kappa shape index (κ3) is 15.9. The lowest BCUT2D eigenvalue weighted by molar-refractivity contribution is 0.0614. The van der Waals surface area contributed by atoms with E-state index in [0.29, 0.717) is 6.61 Å². The van der Waals surface area contributed by atoms with Crippen LogP contribution in [0.15, 0.2) is 0 Å². The van der Waals surface area contributed by atoms with Crippen molar-refractivity contribution in [3.63, 3.8) is 0 Å². The Balaban J connectivity index is 2.85. The third-order valence-corrected chi connectivity index (χ3v) is 2.70. The lowest BCUT2D eigenvalue weighted by atomic mass is 10.2. The summed E-state index contributed by atoms with van der Waals surface area (Å²) in [6.45, 7) is 5.02. The molecule has 17 heavy (non-hydrogen) atoms. The summed E-state index contributed by atoms with van der Waals surface area (Å²) in [4.78, 5) is 0. The zero-order valence-electron chi connectivity index (χ0n) is 11.4. The van der Waals surface area contributed by atoms with Crippen LogP contribution in [0.3, 0.4) is 0 Å². The summed E-state index contributed by atoms with van der Waals surface area (Å²) in [7, 11) is 0. The van der Waals surface area contributed by atoms with Crippen molar-refractivity contribution in [3.8, 4) is 0 Å². The summed E-state index contributed by atoms with van der Waals surface area (Å²) in [6.07, 6.45) is 9.71. The average molecular weight is 245 g/mol. The van der Waals surface area contributed by atoms with E-state index in [0.717, 1.165) is 32.7 Å². The standard InChI is InChI=1S/C14H29O3/c1-2-3-4-7-11-16-12-8-5-6-9-13-17-14-10-15/h2-14H2,1H3. The normalized spacial score (nSPS) is 10.9. The molecule has 3 heteroatoms. The van der Waals surface area contributed by atoms with Crippen molar-refractivity contribution in [2.24, 2.45) is 0 Å². The van der Waals surface area contributed by atoms with Gasteiger partial charge in [-0.1, -0.05) is 39.0 Å². The predicted octanol–water partition coefficient (Wildman–Crippen LogP) is 3.59. The Labute approximate surface area is 107 Å². The van der Waals surface area contributed by atoms with Crippen LogP contribution in [0.5, 0.6) is 0 Å². The summed E-state index contributed by atoms with van der Waals surface area (Å²) in [5.41, 5.74) is 0. The Kier molecular flexibility index (Phi) is 15.8. The van der Waals surface area contributed by atoms with E-state index in [4.69, 9.17) is 9.47 Å². The van der Waals surface area contributed by atoms with Crippen molar-refractivity contribution in [3.05, 3.63) is 0 Å². The van der Waals surface area contributed by atoms with Gasteiger partial charge in [-0.2, -0.15) is 0 Å². The molecule has 0 amide bonds. The van der Waals surface area contributed by atoms with Gasteiger partial charge in [0.2, 0.25) is 0 Å². The van der Waals surface area contributed by atoms with Crippen molar-refractivity contribution < 1.29 is 14.6 Å². The summed E-state index contributed by atoms with van der Waals surface area (Å²) >= 11 is 0. The molecule has 0 aliphatic heterocycles. The van der Waals surface area contributed by atoms with Crippen molar-refractivity contribution >= 4 is 0 Å². The van der Waals surface area contributed by atoms with Crippen LogP contribution in [0.1, 0.15) is 58.3 Å². The molecule has 0 aliphatic rings. The number of unbranched alkanes of at least 4 members (excludes halogenated alkanes) is 6. The lowest BCUT2D eigenvalue weighted by Crippen LogP contribution is -2.00. The van der Waals surface area contributed by atoms with Crippen LogP contribution >= 0.6 is 0 Å². The molecule has 103 valence electrons. The van der Waals surface area contributed by atoms with Crippen LogP contribution in [-0.4, -0.2) is 33.0 Å². The Morgan fingerprint density at radius 2 is 1.12 bits per heavy atom. The van der Waals surface area contributed by atoms with Crippen LogP contribution in [0.2, 0.25) is 0 Å². The number of hydrogen-bond acceptors (Lipinski definition) is 2. The fraction of sp³-hybridized carbons (Fsp3) is 1.00. The second kappa shape index (κ2) is 15.9. The van der Waals surface area contributed by atoms with Gasteiger partial charge in [-0.3, -0.25) is 0 Å². The van der Waals surface area contributed by atoms with Gasteiger partial charge in [0.15, 0.2) is 0 Å². The van der Waals surface area contributed by atoms with Crippen LogP contribution in [0, 0.1) is 0 Å². The third-order valence-electron chi connectivity index (χ3n) is 2.70. The lowest BCUT2D eigenvalue weighted by Gasteiger charge is -2.04. The summed E-state index contributed by atoms with van der Waals surface area (Å²) in [6, 6.07) is 0. The van der Waals surface area contributed by atoms with E-state index in [-0.39, 0.29) is 6.61 Å².